The zero-order chi connectivity index (χ0) is 19.8. The first kappa shape index (κ1) is 18.7. The first-order valence-electron chi connectivity index (χ1n) is 8.62. The van der Waals surface area contributed by atoms with Gasteiger partial charge in [-0.3, -0.25) is 4.99 Å². The van der Waals surface area contributed by atoms with E-state index in [1.165, 1.54) is 0 Å². The summed E-state index contributed by atoms with van der Waals surface area (Å²) in [6.07, 6.45) is 1.62. The van der Waals surface area contributed by atoms with Gasteiger partial charge >= 0.3 is 0 Å². The van der Waals surface area contributed by atoms with Crippen LogP contribution in [0.2, 0.25) is 5.02 Å². The lowest BCUT2D eigenvalue weighted by molar-refractivity contribution is 0.473. The van der Waals surface area contributed by atoms with Crippen LogP contribution >= 0.6 is 27.5 Å². The van der Waals surface area contributed by atoms with Crippen molar-refractivity contribution in [2.45, 2.75) is 13.8 Å². The van der Waals surface area contributed by atoms with Gasteiger partial charge in [-0.2, -0.15) is 0 Å². The molecule has 0 aliphatic rings. The summed E-state index contributed by atoms with van der Waals surface area (Å²) in [5.41, 5.74) is 5.21. The van der Waals surface area contributed by atoms with Crippen molar-refractivity contribution in [2.75, 3.05) is 0 Å². The number of phenolic OH excluding ortho intramolecular Hbond substituents is 1. The smallest absolute Gasteiger partial charge is 0.228 e. The molecular weight excluding hydrogens is 440 g/mol. The first-order valence-corrected chi connectivity index (χ1v) is 9.79. The van der Waals surface area contributed by atoms with E-state index >= 15 is 0 Å². The van der Waals surface area contributed by atoms with Gasteiger partial charge in [-0.25, -0.2) is 4.98 Å². The third kappa shape index (κ3) is 3.43. The van der Waals surface area contributed by atoms with Crippen LogP contribution in [-0.2, 0) is 0 Å². The minimum Gasteiger partial charge on any atom is -0.507 e. The van der Waals surface area contributed by atoms with Crippen LogP contribution < -0.4 is 0 Å². The lowest BCUT2D eigenvalue weighted by atomic mass is 10.0. The fourth-order valence-corrected chi connectivity index (χ4v) is 3.61. The minimum atomic E-state index is 0.155. The molecule has 28 heavy (non-hydrogen) atoms. The Labute approximate surface area is 175 Å². The molecule has 0 aliphatic heterocycles. The van der Waals surface area contributed by atoms with E-state index in [4.69, 9.17) is 16.0 Å². The number of halogens is 2. The number of hydrogen-bond donors (Lipinski definition) is 1. The molecule has 0 radical (unpaired) electrons. The molecule has 0 unspecified atom stereocenters. The normalized spacial score (nSPS) is 11.6. The maximum atomic E-state index is 10.2. The highest BCUT2D eigenvalue weighted by Crippen LogP contribution is 2.32. The second-order valence-electron chi connectivity index (χ2n) is 6.47. The summed E-state index contributed by atoms with van der Waals surface area (Å²) in [7, 11) is 0. The quantitative estimate of drug-likeness (QED) is 0.339. The van der Waals surface area contributed by atoms with E-state index in [9.17, 15) is 5.11 Å². The predicted octanol–water partition coefficient (Wildman–Crippen LogP) is 6.98. The summed E-state index contributed by atoms with van der Waals surface area (Å²) in [6, 6.07) is 14.9. The summed E-state index contributed by atoms with van der Waals surface area (Å²) in [4.78, 5) is 9.06. The van der Waals surface area contributed by atoms with E-state index < -0.39 is 0 Å². The van der Waals surface area contributed by atoms with Gasteiger partial charge in [0.05, 0.1) is 11.3 Å². The Morgan fingerprint density at radius 1 is 1.14 bits per heavy atom. The van der Waals surface area contributed by atoms with Crippen LogP contribution in [-0.4, -0.2) is 16.3 Å². The number of phenols is 1. The summed E-state index contributed by atoms with van der Waals surface area (Å²) in [6.45, 7) is 3.72. The Bertz CT molecular complexity index is 1230. The topological polar surface area (TPSA) is 58.6 Å². The van der Waals surface area contributed by atoms with Gasteiger partial charge in [0.15, 0.2) is 5.58 Å². The molecule has 4 rings (SSSR count). The molecular formula is C22H16BrClN2O2. The highest BCUT2D eigenvalue weighted by Gasteiger charge is 2.12. The SMILES string of the molecule is Cc1cc(O)c(C=Nc2ccc3oc(-c4ccccc4Br)nc3c2)c(C)c1Cl. The van der Waals surface area contributed by atoms with Crippen molar-refractivity contribution in [1.29, 1.82) is 0 Å². The third-order valence-corrected chi connectivity index (χ3v) is 5.80. The summed E-state index contributed by atoms with van der Waals surface area (Å²) in [5.74, 6) is 0.698. The van der Waals surface area contributed by atoms with Crippen molar-refractivity contribution in [3.8, 4) is 17.2 Å². The lowest BCUT2D eigenvalue weighted by Crippen LogP contribution is -1.92. The van der Waals surface area contributed by atoms with Crippen LogP contribution in [0.15, 0.2) is 62.4 Å². The number of oxazole rings is 1. The lowest BCUT2D eigenvalue weighted by Gasteiger charge is -2.08. The van der Waals surface area contributed by atoms with Crippen molar-refractivity contribution in [2.24, 2.45) is 4.99 Å². The number of aryl methyl sites for hydroxylation is 1. The van der Waals surface area contributed by atoms with Crippen LogP contribution in [0.5, 0.6) is 5.75 Å². The molecule has 0 saturated carbocycles. The average Bonchev–Trinajstić information content (AvgIpc) is 3.09. The number of benzene rings is 3. The number of aliphatic imine (C=N–C) groups is 1. The van der Waals surface area contributed by atoms with Gasteiger partial charge in [0.2, 0.25) is 5.89 Å². The Hall–Kier alpha value is -2.63. The molecule has 0 aliphatic carbocycles. The van der Waals surface area contributed by atoms with Crippen LogP contribution in [0, 0.1) is 13.8 Å². The third-order valence-electron chi connectivity index (χ3n) is 4.53. The molecule has 1 heterocycles. The Kier molecular flexibility index (Phi) is 4.96. The molecule has 0 bridgehead atoms. The monoisotopic (exact) mass is 454 g/mol. The van der Waals surface area contributed by atoms with Gasteiger partial charge in [-0.15, -0.1) is 0 Å². The molecule has 4 nitrogen and oxygen atoms in total. The van der Waals surface area contributed by atoms with E-state index in [2.05, 4.69) is 25.9 Å². The van der Waals surface area contributed by atoms with Crippen LogP contribution in [0.4, 0.5) is 5.69 Å². The van der Waals surface area contributed by atoms with E-state index in [1.54, 1.807) is 12.3 Å². The maximum Gasteiger partial charge on any atom is 0.228 e. The Morgan fingerprint density at radius 2 is 1.93 bits per heavy atom. The molecule has 6 heteroatoms. The number of rotatable bonds is 3. The maximum absolute atomic E-state index is 10.2. The van der Waals surface area contributed by atoms with Gasteiger partial charge < -0.3 is 9.52 Å². The Balaban J connectivity index is 1.71. The van der Waals surface area contributed by atoms with E-state index in [-0.39, 0.29) is 5.75 Å². The van der Waals surface area contributed by atoms with E-state index in [1.807, 2.05) is 56.3 Å². The van der Waals surface area contributed by atoms with E-state index in [0.29, 0.717) is 33.3 Å². The number of hydrogen-bond acceptors (Lipinski definition) is 4. The van der Waals surface area contributed by atoms with Gasteiger partial charge in [0.1, 0.15) is 11.3 Å². The van der Waals surface area contributed by atoms with Crippen LogP contribution in [0.25, 0.3) is 22.6 Å². The first-order chi connectivity index (χ1) is 13.4. The van der Waals surface area contributed by atoms with Gasteiger partial charge in [-0.1, -0.05) is 23.7 Å². The van der Waals surface area contributed by atoms with Crippen molar-refractivity contribution in [1.82, 2.24) is 4.98 Å². The standard InChI is InChI=1S/C22H16BrClN2O2/c1-12-9-19(27)16(13(2)21(12)24)11-25-14-7-8-20-18(10-14)26-22(28-20)15-5-3-4-6-17(15)23/h3-11,27H,1-2H3. The zero-order valence-electron chi connectivity index (χ0n) is 15.2. The highest BCUT2D eigenvalue weighted by atomic mass is 79.9. The van der Waals surface area contributed by atoms with Crippen LogP contribution in [0.1, 0.15) is 16.7 Å². The molecule has 3 aromatic carbocycles. The van der Waals surface area contributed by atoms with Gasteiger partial charge in [0.25, 0.3) is 0 Å². The highest BCUT2D eigenvalue weighted by molar-refractivity contribution is 9.10. The molecule has 140 valence electrons. The number of aromatic nitrogens is 1. The molecule has 0 atom stereocenters. The predicted molar refractivity (Wildman–Crippen MR) is 117 cm³/mol. The Morgan fingerprint density at radius 3 is 2.71 bits per heavy atom. The largest absolute Gasteiger partial charge is 0.507 e. The van der Waals surface area contributed by atoms with Gasteiger partial charge in [0, 0.05) is 21.3 Å². The molecule has 0 fully saturated rings. The molecule has 1 N–H and O–H groups in total. The molecule has 0 spiro atoms. The number of fused-ring (bicyclic) bond motifs is 1. The van der Waals surface area contributed by atoms with Crippen molar-refractivity contribution in [3.63, 3.8) is 0 Å². The summed E-state index contributed by atoms with van der Waals surface area (Å²) in [5, 5.41) is 10.8. The summed E-state index contributed by atoms with van der Waals surface area (Å²) < 4.78 is 6.79. The summed E-state index contributed by atoms with van der Waals surface area (Å²) >= 11 is 9.81. The minimum absolute atomic E-state index is 0.155. The fourth-order valence-electron chi connectivity index (χ4n) is 3.00. The second-order valence-corrected chi connectivity index (χ2v) is 7.71. The van der Waals surface area contributed by atoms with Crippen LogP contribution in [0.3, 0.4) is 0 Å². The number of aromatic hydroxyl groups is 1. The zero-order valence-corrected chi connectivity index (χ0v) is 17.5. The van der Waals surface area contributed by atoms with Crippen molar-refractivity contribution >= 4 is 50.5 Å². The average molecular weight is 456 g/mol. The fraction of sp³-hybridized carbons (Fsp3) is 0.0909. The van der Waals surface area contributed by atoms with E-state index in [0.717, 1.165) is 21.2 Å². The van der Waals surface area contributed by atoms with Crippen molar-refractivity contribution < 1.29 is 9.52 Å². The molecule has 0 amide bonds. The van der Waals surface area contributed by atoms with Gasteiger partial charge in [-0.05, 0) is 77.3 Å². The van der Waals surface area contributed by atoms with Crippen molar-refractivity contribution in [3.05, 3.63) is 74.7 Å². The molecule has 1 aromatic heterocycles. The molecule has 0 saturated heterocycles. The number of nitrogens with zero attached hydrogens (tertiary/aromatic N) is 2. The second kappa shape index (κ2) is 7.41. The molecule has 4 aromatic rings.